The Morgan fingerprint density at radius 2 is 2.05 bits per heavy atom. The molecule has 0 spiro atoms. The Bertz CT molecular complexity index is 474. The number of hydrogen-bond donors (Lipinski definition) is 0. The summed E-state index contributed by atoms with van der Waals surface area (Å²) in [5.41, 5.74) is 1.55. The van der Waals surface area contributed by atoms with E-state index in [0.717, 1.165) is 10.5 Å². The van der Waals surface area contributed by atoms with Crippen LogP contribution in [0.1, 0.15) is 22.8 Å². The molecular formula is C14H19NO3S. The number of ether oxygens (including phenoxy) is 1. The number of rotatable bonds is 5. The number of esters is 1. The highest BCUT2D eigenvalue weighted by Crippen LogP contribution is 2.20. The number of hydrogen-bond acceptors (Lipinski definition) is 4. The molecule has 1 rings (SSSR count). The van der Waals surface area contributed by atoms with Gasteiger partial charge in [-0.2, -0.15) is 0 Å². The molecule has 19 heavy (non-hydrogen) atoms. The van der Waals surface area contributed by atoms with Crippen molar-refractivity contribution in [3.63, 3.8) is 0 Å². The average molecular weight is 281 g/mol. The van der Waals surface area contributed by atoms with Crippen LogP contribution in [0.4, 0.5) is 0 Å². The first-order chi connectivity index (χ1) is 9.03. The predicted molar refractivity (Wildman–Crippen MR) is 76.6 cm³/mol. The number of carbonyl (C=O) groups is 2. The van der Waals surface area contributed by atoms with Gasteiger partial charge in [0, 0.05) is 17.0 Å². The summed E-state index contributed by atoms with van der Waals surface area (Å²) in [7, 11) is 1.32. The topological polar surface area (TPSA) is 46.6 Å². The van der Waals surface area contributed by atoms with Crippen molar-refractivity contribution in [2.45, 2.75) is 18.7 Å². The summed E-state index contributed by atoms with van der Waals surface area (Å²) in [5.74, 6) is -0.546. The molecule has 4 nitrogen and oxygen atoms in total. The lowest BCUT2D eigenvalue weighted by atomic mass is 10.1. The highest BCUT2D eigenvalue weighted by Gasteiger charge is 2.19. The van der Waals surface area contributed by atoms with Gasteiger partial charge in [-0.05, 0) is 37.8 Å². The molecule has 0 radical (unpaired) electrons. The van der Waals surface area contributed by atoms with E-state index in [4.69, 9.17) is 0 Å². The minimum atomic E-state index is -0.408. The van der Waals surface area contributed by atoms with E-state index < -0.39 is 5.97 Å². The van der Waals surface area contributed by atoms with Crippen LogP contribution in [0.3, 0.4) is 0 Å². The lowest BCUT2D eigenvalue weighted by Gasteiger charge is -2.20. The highest BCUT2D eigenvalue weighted by molar-refractivity contribution is 7.98. The fourth-order valence-electron chi connectivity index (χ4n) is 1.68. The summed E-state index contributed by atoms with van der Waals surface area (Å²) in [6.45, 7) is 4.18. The van der Waals surface area contributed by atoms with Gasteiger partial charge in [-0.1, -0.05) is 6.07 Å². The van der Waals surface area contributed by atoms with Gasteiger partial charge in [-0.15, -0.1) is 11.8 Å². The monoisotopic (exact) mass is 281 g/mol. The Morgan fingerprint density at radius 3 is 2.58 bits per heavy atom. The Hall–Kier alpha value is -1.49. The minimum Gasteiger partial charge on any atom is -0.468 e. The first-order valence-corrected chi connectivity index (χ1v) is 7.26. The summed E-state index contributed by atoms with van der Waals surface area (Å²) in [4.78, 5) is 26.2. The normalized spacial score (nSPS) is 10.1. The Morgan fingerprint density at radius 1 is 1.37 bits per heavy atom. The number of aryl methyl sites for hydroxylation is 1. The maximum Gasteiger partial charge on any atom is 0.325 e. The fourth-order valence-corrected chi connectivity index (χ4v) is 2.12. The maximum atomic E-state index is 12.4. The molecule has 0 saturated heterocycles. The van der Waals surface area contributed by atoms with Crippen molar-refractivity contribution >= 4 is 23.6 Å². The molecule has 0 aliphatic carbocycles. The minimum absolute atomic E-state index is 0.0191. The van der Waals surface area contributed by atoms with Crippen LogP contribution < -0.4 is 0 Å². The molecule has 5 heteroatoms. The van der Waals surface area contributed by atoms with E-state index in [1.807, 2.05) is 38.3 Å². The van der Waals surface area contributed by atoms with Crippen LogP contribution in [-0.2, 0) is 9.53 Å². The quantitative estimate of drug-likeness (QED) is 0.614. The number of carbonyl (C=O) groups excluding carboxylic acids is 2. The van der Waals surface area contributed by atoms with Crippen LogP contribution >= 0.6 is 11.8 Å². The van der Waals surface area contributed by atoms with Crippen LogP contribution in [0.25, 0.3) is 0 Å². The van der Waals surface area contributed by atoms with E-state index in [0.29, 0.717) is 12.1 Å². The van der Waals surface area contributed by atoms with Crippen molar-refractivity contribution < 1.29 is 14.3 Å². The summed E-state index contributed by atoms with van der Waals surface area (Å²) in [6.07, 6.45) is 1.96. The van der Waals surface area contributed by atoms with E-state index in [1.54, 1.807) is 11.8 Å². The number of amides is 1. The predicted octanol–water partition coefficient (Wildman–Crippen LogP) is 2.35. The Balaban J connectivity index is 2.99. The summed E-state index contributed by atoms with van der Waals surface area (Å²) >= 11 is 1.58. The zero-order valence-corrected chi connectivity index (χ0v) is 12.5. The van der Waals surface area contributed by atoms with Crippen molar-refractivity contribution in [1.29, 1.82) is 0 Å². The van der Waals surface area contributed by atoms with Crippen molar-refractivity contribution in [3.05, 3.63) is 29.3 Å². The van der Waals surface area contributed by atoms with E-state index in [9.17, 15) is 9.59 Å². The molecule has 0 fully saturated rings. The molecule has 0 unspecified atom stereocenters. The molecule has 0 saturated carbocycles. The molecule has 0 aliphatic heterocycles. The largest absolute Gasteiger partial charge is 0.468 e. The standard InChI is InChI=1S/C14H19NO3S/c1-5-15(9-13(16)18-3)14(17)12-8-11(19-4)7-6-10(12)2/h6-8H,5,9H2,1-4H3. The van der Waals surface area contributed by atoms with Gasteiger partial charge in [0.15, 0.2) is 0 Å². The van der Waals surface area contributed by atoms with Gasteiger partial charge in [0.2, 0.25) is 0 Å². The summed E-state index contributed by atoms with van der Waals surface area (Å²) in [5, 5.41) is 0. The second kappa shape index (κ2) is 7.19. The SMILES string of the molecule is CCN(CC(=O)OC)C(=O)c1cc(SC)ccc1C. The average Bonchev–Trinajstić information content (AvgIpc) is 2.44. The molecule has 1 aromatic carbocycles. The third kappa shape index (κ3) is 3.99. The maximum absolute atomic E-state index is 12.4. The molecule has 0 bridgehead atoms. The zero-order valence-electron chi connectivity index (χ0n) is 11.7. The molecular weight excluding hydrogens is 262 g/mol. The van der Waals surface area contributed by atoms with Gasteiger partial charge in [0.05, 0.1) is 7.11 Å². The lowest BCUT2D eigenvalue weighted by Crippen LogP contribution is -2.36. The van der Waals surface area contributed by atoms with Crippen LogP contribution in [0, 0.1) is 6.92 Å². The van der Waals surface area contributed by atoms with Gasteiger partial charge < -0.3 is 9.64 Å². The molecule has 0 N–H and O–H groups in total. The number of benzene rings is 1. The van der Waals surface area contributed by atoms with E-state index >= 15 is 0 Å². The molecule has 0 heterocycles. The smallest absolute Gasteiger partial charge is 0.325 e. The van der Waals surface area contributed by atoms with Crippen LogP contribution in [0.2, 0.25) is 0 Å². The van der Waals surface area contributed by atoms with Gasteiger partial charge in [0.25, 0.3) is 5.91 Å². The Labute approximate surface area is 118 Å². The van der Waals surface area contributed by atoms with E-state index in [1.165, 1.54) is 12.0 Å². The third-order valence-corrected chi connectivity index (χ3v) is 3.62. The first-order valence-electron chi connectivity index (χ1n) is 6.04. The second-order valence-corrected chi connectivity index (χ2v) is 4.96. The number of likely N-dealkylation sites (N-methyl/N-ethyl adjacent to an activating group) is 1. The number of thioether (sulfide) groups is 1. The van der Waals surface area contributed by atoms with Gasteiger partial charge >= 0.3 is 5.97 Å². The highest BCUT2D eigenvalue weighted by atomic mass is 32.2. The van der Waals surface area contributed by atoms with Crippen LogP contribution in [0.5, 0.6) is 0 Å². The first kappa shape index (κ1) is 15.6. The van der Waals surface area contributed by atoms with Crippen molar-refractivity contribution in [3.8, 4) is 0 Å². The second-order valence-electron chi connectivity index (χ2n) is 4.08. The van der Waals surface area contributed by atoms with Crippen LogP contribution in [0.15, 0.2) is 23.1 Å². The molecule has 104 valence electrons. The van der Waals surface area contributed by atoms with Crippen LogP contribution in [-0.4, -0.2) is 43.2 Å². The van der Waals surface area contributed by atoms with E-state index in [-0.39, 0.29) is 12.5 Å². The van der Waals surface area contributed by atoms with Crippen molar-refractivity contribution in [1.82, 2.24) is 4.90 Å². The summed E-state index contributed by atoms with van der Waals surface area (Å²) < 4.78 is 4.61. The molecule has 0 aromatic heterocycles. The zero-order chi connectivity index (χ0) is 14.4. The number of nitrogens with zero attached hydrogens (tertiary/aromatic N) is 1. The van der Waals surface area contributed by atoms with Crippen molar-refractivity contribution in [2.75, 3.05) is 26.5 Å². The van der Waals surface area contributed by atoms with Gasteiger partial charge in [-0.3, -0.25) is 9.59 Å². The molecule has 0 atom stereocenters. The summed E-state index contributed by atoms with van der Waals surface area (Å²) in [6, 6.07) is 5.76. The Kier molecular flexibility index (Phi) is 5.89. The van der Waals surface area contributed by atoms with E-state index in [2.05, 4.69) is 4.74 Å². The fraction of sp³-hybridized carbons (Fsp3) is 0.429. The third-order valence-electron chi connectivity index (χ3n) is 2.89. The molecule has 1 amide bonds. The number of methoxy groups -OCH3 is 1. The lowest BCUT2D eigenvalue weighted by molar-refractivity contribution is -0.141. The van der Waals surface area contributed by atoms with Gasteiger partial charge in [-0.25, -0.2) is 0 Å². The van der Waals surface area contributed by atoms with Gasteiger partial charge in [0.1, 0.15) is 6.54 Å². The molecule has 0 aliphatic rings. The van der Waals surface area contributed by atoms with Crippen molar-refractivity contribution in [2.24, 2.45) is 0 Å². The molecule has 1 aromatic rings.